The van der Waals surface area contributed by atoms with Crippen LogP contribution in [-0.4, -0.2) is 42.1 Å². The SMILES string of the molecule is CCCCc1cc(C[C@@H]2CNCC[C@H]2CC(=O)N(CC)CC)no1. The highest BCUT2D eigenvalue weighted by Gasteiger charge is 2.29. The van der Waals surface area contributed by atoms with E-state index >= 15 is 0 Å². The summed E-state index contributed by atoms with van der Waals surface area (Å²) in [6, 6.07) is 2.10. The molecule has 1 amide bonds. The molecule has 1 aliphatic heterocycles. The summed E-state index contributed by atoms with van der Waals surface area (Å²) < 4.78 is 5.45. The molecule has 0 spiro atoms. The number of carbonyl (C=O) groups excluding carboxylic acids is 1. The predicted molar refractivity (Wildman–Crippen MR) is 95.8 cm³/mol. The highest BCUT2D eigenvalue weighted by Crippen LogP contribution is 2.27. The number of piperidine rings is 1. The van der Waals surface area contributed by atoms with Crippen LogP contribution in [0.1, 0.15) is 57.9 Å². The maximum Gasteiger partial charge on any atom is 0.222 e. The van der Waals surface area contributed by atoms with Gasteiger partial charge >= 0.3 is 0 Å². The van der Waals surface area contributed by atoms with E-state index in [4.69, 9.17) is 4.52 Å². The maximum atomic E-state index is 12.5. The van der Waals surface area contributed by atoms with Gasteiger partial charge in [0.05, 0.1) is 5.69 Å². The number of nitrogens with one attached hydrogen (secondary N) is 1. The van der Waals surface area contributed by atoms with Crippen LogP contribution in [0.15, 0.2) is 10.6 Å². The number of nitrogens with zero attached hydrogens (tertiary/aromatic N) is 2. The van der Waals surface area contributed by atoms with Gasteiger partial charge in [0.1, 0.15) is 5.76 Å². The smallest absolute Gasteiger partial charge is 0.222 e. The molecule has 5 nitrogen and oxygen atoms in total. The molecule has 1 aromatic rings. The highest BCUT2D eigenvalue weighted by molar-refractivity contribution is 5.76. The van der Waals surface area contributed by atoms with E-state index in [1.165, 1.54) is 0 Å². The van der Waals surface area contributed by atoms with Gasteiger partial charge in [-0.3, -0.25) is 4.79 Å². The molecule has 136 valence electrons. The number of unbranched alkanes of at least 4 members (excludes halogenated alkanes) is 1. The fourth-order valence-corrected chi connectivity index (χ4v) is 3.60. The van der Waals surface area contributed by atoms with E-state index in [0.717, 1.165) is 69.7 Å². The van der Waals surface area contributed by atoms with Crippen molar-refractivity contribution in [2.24, 2.45) is 11.8 Å². The molecule has 0 saturated carbocycles. The molecule has 24 heavy (non-hydrogen) atoms. The van der Waals surface area contributed by atoms with Crippen LogP contribution in [0.4, 0.5) is 0 Å². The van der Waals surface area contributed by atoms with Gasteiger partial charge in [0.2, 0.25) is 5.91 Å². The first kappa shape index (κ1) is 19.0. The van der Waals surface area contributed by atoms with Crippen molar-refractivity contribution in [2.75, 3.05) is 26.2 Å². The lowest BCUT2D eigenvalue weighted by atomic mass is 9.81. The third kappa shape index (κ3) is 5.33. The Morgan fingerprint density at radius 2 is 2.12 bits per heavy atom. The van der Waals surface area contributed by atoms with Crippen molar-refractivity contribution >= 4 is 5.91 Å². The largest absolute Gasteiger partial charge is 0.361 e. The molecule has 2 atom stereocenters. The number of aromatic nitrogens is 1. The Kier molecular flexibility index (Phi) is 7.76. The molecule has 0 aromatic carbocycles. The molecule has 0 bridgehead atoms. The third-order valence-electron chi connectivity index (χ3n) is 5.17. The van der Waals surface area contributed by atoms with Gasteiger partial charge < -0.3 is 14.7 Å². The molecule has 5 heteroatoms. The van der Waals surface area contributed by atoms with Gasteiger partial charge in [-0.1, -0.05) is 18.5 Å². The second-order valence-corrected chi connectivity index (χ2v) is 6.88. The van der Waals surface area contributed by atoms with E-state index in [2.05, 4.69) is 37.3 Å². The molecule has 0 aliphatic carbocycles. The zero-order chi connectivity index (χ0) is 17.4. The molecule has 1 saturated heterocycles. The average molecular weight is 335 g/mol. The summed E-state index contributed by atoms with van der Waals surface area (Å²) >= 11 is 0. The Labute approximate surface area is 146 Å². The summed E-state index contributed by atoms with van der Waals surface area (Å²) in [5.41, 5.74) is 1.04. The van der Waals surface area contributed by atoms with Gasteiger partial charge in [-0.2, -0.15) is 0 Å². The van der Waals surface area contributed by atoms with Crippen LogP contribution in [-0.2, 0) is 17.6 Å². The number of hydrogen-bond acceptors (Lipinski definition) is 4. The lowest BCUT2D eigenvalue weighted by molar-refractivity contribution is -0.132. The minimum absolute atomic E-state index is 0.292. The van der Waals surface area contributed by atoms with Gasteiger partial charge in [-0.05, 0) is 58.0 Å². The maximum absolute atomic E-state index is 12.5. The van der Waals surface area contributed by atoms with Gasteiger partial charge in [0.25, 0.3) is 0 Å². The topological polar surface area (TPSA) is 58.4 Å². The van der Waals surface area contributed by atoms with Crippen LogP contribution in [0.5, 0.6) is 0 Å². The van der Waals surface area contributed by atoms with E-state index in [-0.39, 0.29) is 0 Å². The Balaban J connectivity index is 1.93. The minimum atomic E-state index is 0.292. The first-order chi connectivity index (χ1) is 11.7. The van der Waals surface area contributed by atoms with Crippen LogP contribution in [0.2, 0.25) is 0 Å². The molecule has 1 fully saturated rings. The number of amides is 1. The average Bonchev–Trinajstić information content (AvgIpc) is 3.03. The lowest BCUT2D eigenvalue weighted by Gasteiger charge is -2.32. The van der Waals surface area contributed by atoms with Crippen LogP contribution in [0, 0.1) is 11.8 Å². The molecular formula is C19H33N3O2. The summed E-state index contributed by atoms with van der Waals surface area (Å²) in [6.45, 7) is 9.86. The minimum Gasteiger partial charge on any atom is -0.361 e. The number of hydrogen-bond donors (Lipinski definition) is 1. The van der Waals surface area contributed by atoms with Crippen molar-refractivity contribution < 1.29 is 9.32 Å². The van der Waals surface area contributed by atoms with Crippen LogP contribution < -0.4 is 5.32 Å². The van der Waals surface area contributed by atoms with Crippen molar-refractivity contribution in [3.05, 3.63) is 17.5 Å². The summed E-state index contributed by atoms with van der Waals surface area (Å²) in [5, 5.41) is 7.72. The van der Waals surface area contributed by atoms with Crippen molar-refractivity contribution in [1.29, 1.82) is 0 Å². The Morgan fingerprint density at radius 1 is 1.33 bits per heavy atom. The predicted octanol–water partition coefficient (Wildman–Crippen LogP) is 3.04. The standard InChI is InChI=1S/C19H33N3O2/c1-4-7-8-18-13-17(21-24-18)11-16-14-20-10-9-15(16)12-19(23)22(5-2)6-3/h13,15-16,20H,4-12,14H2,1-3H3/t15-,16+/m0/s1. The molecule has 2 rings (SSSR count). The fraction of sp³-hybridized carbons (Fsp3) is 0.789. The number of carbonyl (C=O) groups is 1. The molecule has 1 aromatic heterocycles. The van der Waals surface area contributed by atoms with E-state index in [1.54, 1.807) is 0 Å². The summed E-state index contributed by atoms with van der Waals surface area (Å²) in [4.78, 5) is 14.4. The van der Waals surface area contributed by atoms with Gasteiger partial charge in [-0.25, -0.2) is 0 Å². The van der Waals surface area contributed by atoms with Crippen LogP contribution in [0.3, 0.4) is 0 Å². The summed E-state index contributed by atoms with van der Waals surface area (Å²) in [6.07, 6.45) is 5.90. The van der Waals surface area contributed by atoms with Crippen LogP contribution in [0.25, 0.3) is 0 Å². The Morgan fingerprint density at radius 3 is 2.83 bits per heavy atom. The van der Waals surface area contributed by atoms with Crippen molar-refractivity contribution in [3.8, 4) is 0 Å². The normalized spacial score (nSPS) is 21.0. The van der Waals surface area contributed by atoms with Gasteiger partial charge in [-0.15, -0.1) is 0 Å². The fourth-order valence-electron chi connectivity index (χ4n) is 3.60. The lowest BCUT2D eigenvalue weighted by Crippen LogP contribution is -2.41. The van der Waals surface area contributed by atoms with Gasteiger partial charge in [0.15, 0.2) is 0 Å². The zero-order valence-electron chi connectivity index (χ0n) is 15.5. The van der Waals surface area contributed by atoms with E-state index in [0.29, 0.717) is 24.2 Å². The summed E-state index contributed by atoms with van der Waals surface area (Å²) in [7, 11) is 0. The third-order valence-corrected chi connectivity index (χ3v) is 5.17. The molecular weight excluding hydrogens is 302 g/mol. The first-order valence-corrected chi connectivity index (χ1v) is 9.60. The van der Waals surface area contributed by atoms with Crippen molar-refractivity contribution in [2.45, 2.75) is 59.3 Å². The first-order valence-electron chi connectivity index (χ1n) is 9.60. The van der Waals surface area contributed by atoms with E-state index in [1.807, 2.05) is 4.90 Å². The summed E-state index contributed by atoms with van der Waals surface area (Å²) in [5.74, 6) is 2.18. The van der Waals surface area contributed by atoms with Crippen molar-refractivity contribution in [3.63, 3.8) is 0 Å². The number of rotatable bonds is 9. The molecule has 0 radical (unpaired) electrons. The monoisotopic (exact) mass is 335 g/mol. The van der Waals surface area contributed by atoms with Crippen molar-refractivity contribution in [1.82, 2.24) is 15.4 Å². The quantitative estimate of drug-likeness (QED) is 0.753. The molecule has 0 unspecified atom stereocenters. The zero-order valence-corrected chi connectivity index (χ0v) is 15.5. The second kappa shape index (κ2) is 9.82. The highest BCUT2D eigenvalue weighted by atomic mass is 16.5. The second-order valence-electron chi connectivity index (χ2n) is 6.88. The van der Waals surface area contributed by atoms with E-state index in [9.17, 15) is 4.79 Å². The molecule has 1 N–H and O–H groups in total. The molecule has 2 heterocycles. The van der Waals surface area contributed by atoms with E-state index < -0.39 is 0 Å². The Bertz CT molecular complexity index is 497. The Hall–Kier alpha value is -1.36. The molecule has 1 aliphatic rings. The van der Waals surface area contributed by atoms with Gasteiger partial charge in [0, 0.05) is 32.0 Å². The number of aryl methyl sites for hydroxylation is 1. The van der Waals surface area contributed by atoms with Crippen LogP contribution >= 0.6 is 0 Å².